The van der Waals surface area contributed by atoms with Gasteiger partial charge < -0.3 is 5.11 Å². The zero-order valence-corrected chi connectivity index (χ0v) is 11.0. The van der Waals surface area contributed by atoms with Crippen molar-refractivity contribution in [3.8, 4) is 0 Å². The van der Waals surface area contributed by atoms with E-state index in [0.717, 1.165) is 5.56 Å². The highest BCUT2D eigenvalue weighted by molar-refractivity contribution is 5.26. The number of halogens is 2. The molecular weight excluding hydrogens is 258 g/mol. The van der Waals surface area contributed by atoms with Gasteiger partial charge in [-0.25, -0.2) is 8.78 Å². The van der Waals surface area contributed by atoms with Crippen molar-refractivity contribution in [2.75, 3.05) is 0 Å². The summed E-state index contributed by atoms with van der Waals surface area (Å²) in [7, 11) is 0. The molecule has 1 nitrogen and oxygen atoms in total. The number of rotatable bonds is 5. The van der Waals surface area contributed by atoms with Gasteiger partial charge in [0.15, 0.2) is 0 Å². The monoisotopic (exact) mass is 274 g/mol. The van der Waals surface area contributed by atoms with E-state index < -0.39 is 6.10 Å². The zero-order valence-electron chi connectivity index (χ0n) is 11.0. The standard InChI is InChI=1S/C17H16F2O/c1-2-12(13-3-7-15(18)8-4-13)11-17(20)14-5-9-16(19)10-6-14/h2-10,12,17,20H,1,11H2. The van der Waals surface area contributed by atoms with Gasteiger partial charge in [0.25, 0.3) is 0 Å². The summed E-state index contributed by atoms with van der Waals surface area (Å²) in [5.41, 5.74) is 1.54. The summed E-state index contributed by atoms with van der Waals surface area (Å²) in [6.07, 6.45) is 1.42. The van der Waals surface area contributed by atoms with E-state index in [1.807, 2.05) is 0 Å². The summed E-state index contributed by atoms with van der Waals surface area (Å²) in [4.78, 5) is 0. The van der Waals surface area contributed by atoms with Gasteiger partial charge in [0, 0.05) is 5.92 Å². The van der Waals surface area contributed by atoms with Crippen LogP contribution in [0.5, 0.6) is 0 Å². The highest BCUT2D eigenvalue weighted by Gasteiger charge is 2.15. The largest absolute Gasteiger partial charge is 0.388 e. The van der Waals surface area contributed by atoms with E-state index in [4.69, 9.17) is 0 Å². The first-order valence-electron chi connectivity index (χ1n) is 6.41. The van der Waals surface area contributed by atoms with Gasteiger partial charge in [-0.3, -0.25) is 0 Å². The van der Waals surface area contributed by atoms with Crippen LogP contribution in [0.15, 0.2) is 61.2 Å². The molecule has 104 valence electrons. The van der Waals surface area contributed by atoms with Gasteiger partial charge in [-0.1, -0.05) is 30.3 Å². The third-order valence-electron chi connectivity index (χ3n) is 3.31. The summed E-state index contributed by atoms with van der Waals surface area (Å²) in [6.45, 7) is 3.76. The van der Waals surface area contributed by atoms with Gasteiger partial charge in [-0.2, -0.15) is 0 Å². The Balaban J connectivity index is 2.11. The molecule has 0 spiro atoms. The number of benzene rings is 2. The Hall–Kier alpha value is -2.00. The molecule has 2 aromatic rings. The van der Waals surface area contributed by atoms with Crippen molar-refractivity contribution in [3.05, 3.63) is 83.9 Å². The molecule has 2 aromatic carbocycles. The van der Waals surface area contributed by atoms with Crippen LogP contribution in [0.25, 0.3) is 0 Å². The Morgan fingerprint density at radius 1 is 0.900 bits per heavy atom. The second-order valence-corrected chi connectivity index (χ2v) is 4.70. The molecule has 0 bridgehead atoms. The van der Waals surface area contributed by atoms with Gasteiger partial charge in [0.05, 0.1) is 6.10 Å². The molecule has 2 unspecified atom stereocenters. The summed E-state index contributed by atoms with van der Waals surface area (Å²) < 4.78 is 25.8. The average molecular weight is 274 g/mol. The molecule has 20 heavy (non-hydrogen) atoms. The molecule has 0 saturated carbocycles. The van der Waals surface area contributed by atoms with Crippen LogP contribution < -0.4 is 0 Å². The van der Waals surface area contributed by atoms with Crippen molar-refractivity contribution in [3.63, 3.8) is 0 Å². The van der Waals surface area contributed by atoms with Crippen LogP contribution in [-0.2, 0) is 0 Å². The number of hydrogen-bond donors (Lipinski definition) is 1. The Labute approximate surface area is 117 Å². The lowest BCUT2D eigenvalue weighted by Gasteiger charge is -2.18. The fraction of sp³-hybridized carbons (Fsp3) is 0.176. The fourth-order valence-electron chi connectivity index (χ4n) is 2.14. The molecular formula is C17H16F2O. The molecule has 0 amide bonds. The number of aliphatic hydroxyl groups excluding tert-OH is 1. The van der Waals surface area contributed by atoms with Crippen LogP contribution in [0.3, 0.4) is 0 Å². The molecule has 0 radical (unpaired) electrons. The van der Waals surface area contributed by atoms with Crippen LogP contribution >= 0.6 is 0 Å². The maximum Gasteiger partial charge on any atom is 0.123 e. The molecule has 2 rings (SSSR count). The van der Waals surface area contributed by atoms with E-state index in [2.05, 4.69) is 6.58 Å². The molecule has 0 fully saturated rings. The number of hydrogen-bond acceptors (Lipinski definition) is 1. The third-order valence-corrected chi connectivity index (χ3v) is 3.31. The van der Waals surface area contributed by atoms with Crippen molar-refractivity contribution in [2.45, 2.75) is 18.4 Å². The molecule has 0 aliphatic carbocycles. The molecule has 0 saturated heterocycles. The Kier molecular flexibility index (Phi) is 4.64. The van der Waals surface area contributed by atoms with Crippen molar-refractivity contribution in [1.29, 1.82) is 0 Å². The van der Waals surface area contributed by atoms with E-state index >= 15 is 0 Å². The SMILES string of the molecule is C=CC(CC(O)c1ccc(F)cc1)c1ccc(F)cc1. The van der Waals surface area contributed by atoms with E-state index in [9.17, 15) is 13.9 Å². The Morgan fingerprint density at radius 3 is 1.80 bits per heavy atom. The normalized spacial score (nSPS) is 13.8. The maximum atomic E-state index is 12.9. The van der Waals surface area contributed by atoms with Gasteiger partial charge in [0.1, 0.15) is 11.6 Å². The van der Waals surface area contributed by atoms with Gasteiger partial charge in [0.2, 0.25) is 0 Å². The molecule has 0 aliphatic rings. The van der Waals surface area contributed by atoms with E-state index in [1.54, 1.807) is 30.3 Å². The fourth-order valence-corrected chi connectivity index (χ4v) is 2.14. The minimum Gasteiger partial charge on any atom is -0.388 e. The predicted molar refractivity (Wildman–Crippen MR) is 75.3 cm³/mol. The van der Waals surface area contributed by atoms with E-state index in [0.29, 0.717) is 12.0 Å². The summed E-state index contributed by atoms with van der Waals surface area (Å²) in [5, 5.41) is 10.2. The van der Waals surface area contributed by atoms with Crippen LogP contribution in [-0.4, -0.2) is 5.11 Å². The van der Waals surface area contributed by atoms with Gasteiger partial charge in [-0.05, 0) is 41.8 Å². The van der Waals surface area contributed by atoms with Crippen LogP contribution in [0.2, 0.25) is 0 Å². The molecule has 3 heteroatoms. The number of allylic oxidation sites excluding steroid dienone is 1. The van der Waals surface area contributed by atoms with Crippen molar-refractivity contribution >= 4 is 0 Å². The third kappa shape index (κ3) is 3.52. The Bertz CT molecular complexity index is 561. The molecule has 0 heterocycles. The smallest absolute Gasteiger partial charge is 0.123 e. The lowest BCUT2D eigenvalue weighted by atomic mass is 9.91. The van der Waals surface area contributed by atoms with Gasteiger partial charge in [-0.15, -0.1) is 6.58 Å². The lowest BCUT2D eigenvalue weighted by Crippen LogP contribution is -2.04. The maximum absolute atomic E-state index is 12.9. The molecule has 0 aromatic heterocycles. The second-order valence-electron chi connectivity index (χ2n) is 4.70. The van der Waals surface area contributed by atoms with E-state index in [1.165, 1.54) is 24.3 Å². The van der Waals surface area contributed by atoms with Crippen molar-refractivity contribution < 1.29 is 13.9 Å². The van der Waals surface area contributed by atoms with Crippen LogP contribution in [0.4, 0.5) is 8.78 Å². The molecule has 1 N–H and O–H groups in total. The summed E-state index contributed by atoms with van der Waals surface area (Å²) >= 11 is 0. The lowest BCUT2D eigenvalue weighted by molar-refractivity contribution is 0.163. The minimum absolute atomic E-state index is 0.0874. The molecule has 2 atom stereocenters. The van der Waals surface area contributed by atoms with Crippen molar-refractivity contribution in [1.82, 2.24) is 0 Å². The highest BCUT2D eigenvalue weighted by atomic mass is 19.1. The molecule has 0 aliphatic heterocycles. The van der Waals surface area contributed by atoms with Crippen molar-refractivity contribution in [2.24, 2.45) is 0 Å². The topological polar surface area (TPSA) is 20.2 Å². The Morgan fingerprint density at radius 2 is 1.35 bits per heavy atom. The predicted octanol–water partition coefficient (Wildman–Crippen LogP) is 4.36. The highest BCUT2D eigenvalue weighted by Crippen LogP contribution is 2.29. The first-order chi connectivity index (χ1) is 9.60. The first kappa shape index (κ1) is 14.4. The first-order valence-corrected chi connectivity index (χ1v) is 6.41. The minimum atomic E-state index is -0.719. The zero-order chi connectivity index (χ0) is 14.5. The van der Waals surface area contributed by atoms with Gasteiger partial charge >= 0.3 is 0 Å². The summed E-state index contributed by atoms with van der Waals surface area (Å²) in [6, 6.07) is 11.9. The van der Waals surface area contributed by atoms with Crippen LogP contribution in [0, 0.1) is 11.6 Å². The average Bonchev–Trinajstić information content (AvgIpc) is 2.46. The number of aliphatic hydroxyl groups is 1. The quantitative estimate of drug-likeness (QED) is 0.803. The van der Waals surface area contributed by atoms with E-state index in [-0.39, 0.29) is 17.6 Å². The summed E-state index contributed by atoms with van der Waals surface area (Å²) in [5.74, 6) is -0.717. The van der Waals surface area contributed by atoms with Crippen LogP contribution in [0.1, 0.15) is 29.6 Å². The second kappa shape index (κ2) is 6.44.